The van der Waals surface area contributed by atoms with Gasteiger partial charge in [0.2, 0.25) is 11.8 Å². The zero-order valence-electron chi connectivity index (χ0n) is 16.4. The standard InChI is InChI=1S/C21H28N4O2.ClH/c1-2-15-6-8-16(9-7-15)18-14-22-12-13-25(18)20(26)5-3-4-19-23-21(24-27-19)17-10-11-17;/h6-9,17-18,22H,2-5,10-14H2,1H3;1H. The van der Waals surface area contributed by atoms with Gasteiger partial charge in [0.1, 0.15) is 0 Å². The van der Waals surface area contributed by atoms with E-state index in [0.29, 0.717) is 24.7 Å². The summed E-state index contributed by atoms with van der Waals surface area (Å²) < 4.78 is 5.31. The minimum Gasteiger partial charge on any atom is -0.339 e. The van der Waals surface area contributed by atoms with Gasteiger partial charge in [-0.25, -0.2) is 0 Å². The number of nitrogens with zero attached hydrogens (tertiary/aromatic N) is 3. The van der Waals surface area contributed by atoms with E-state index < -0.39 is 0 Å². The summed E-state index contributed by atoms with van der Waals surface area (Å²) in [5.41, 5.74) is 2.53. The SMILES string of the molecule is CCc1ccc(C2CNCCN2C(=O)CCCc2nc(C3CC3)no2)cc1.Cl. The number of carbonyl (C=O) groups excluding carboxylic acids is 1. The lowest BCUT2D eigenvalue weighted by Gasteiger charge is -2.36. The van der Waals surface area contributed by atoms with Gasteiger partial charge in [0.25, 0.3) is 0 Å². The number of aryl methyl sites for hydroxylation is 2. The molecular formula is C21H29ClN4O2. The zero-order chi connectivity index (χ0) is 18.6. The van der Waals surface area contributed by atoms with E-state index >= 15 is 0 Å². The highest BCUT2D eigenvalue weighted by Gasteiger charge is 2.29. The van der Waals surface area contributed by atoms with E-state index in [1.165, 1.54) is 24.0 Å². The summed E-state index contributed by atoms with van der Waals surface area (Å²) in [6.45, 7) is 4.57. The highest BCUT2D eigenvalue weighted by Crippen LogP contribution is 2.38. The first kappa shape index (κ1) is 20.8. The number of halogens is 1. The molecule has 1 saturated carbocycles. The third-order valence-electron chi connectivity index (χ3n) is 5.54. The average Bonchev–Trinajstić information content (AvgIpc) is 3.47. The largest absolute Gasteiger partial charge is 0.339 e. The van der Waals surface area contributed by atoms with E-state index in [9.17, 15) is 4.79 Å². The Balaban J connectivity index is 0.00000225. The summed E-state index contributed by atoms with van der Waals surface area (Å²) >= 11 is 0. The molecule has 1 aromatic heterocycles. The van der Waals surface area contributed by atoms with Crippen LogP contribution in [0.4, 0.5) is 0 Å². The summed E-state index contributed by atoms with van der Waals surface area (Å²) in [5, 5.41) is 7.46. The van der Waals surface area contributed by atoms with Gasteiger partial charge in [0.15, 0.2) is 5.82 Å². The predicted molar refractivity (Wildman–Crippen MR) is 110 cm³/mol. The van der Waals surface area contributed by atoms with Crippen molar-refractivity contribution in [1.82, 2.24) is 20.4 Å². The Hall–Kier alpha value is -1.92. The molecule has 2 fully saturated rings. The summed E-state index contributed by atoms with van der Waals surface area (Å²) in [7, 11) is 0. The quantitative estimate of drug-likeness (QED) is 0.765. The lowest BCUT2D eigenvalue weighted by Crippen LogP contribution is -2.48. The molecule has 0 radical (unpaired) electrons. The average molecular weight is 405 g/mol. The summed E-state index contributed by atoms with van der Waals surface area (Å²) in [6, 6.07) is 8.77. The summed E-state index contributed by atoms with van der Waals surface area (Å²) in [5.74, 6) is 2.22. The summed E-state index contributed by atoms with van der Waals surface area (Å²) in [6.07, 6.45) is 5.31. The van der Waals surface area contributed by atoms with Gasteiger partial charge in [-0.1, -0.05) is 36.3 Å². The van der Waals surface area contributed by atoms with Crippen LogP contribution >= 0.6 is 12.4 Å². The second-order valence-electron chi connectivity index (χ2n) is 7.58. The van der Waals surface area contributed by atoms with Crippen LogP contribution in [0.2, 0.25) is 0 Å². The molecule has 4 rings (SSSR count). The molecule has 1 aromatic carbocycles. The number of rotatable bonds is 7. The van der Waals surface area contributed by atoms with Crippen molar-refractivity contribution in [3.05, 3.63) is 47.1 Å². The first-order valence-electron chi connectivity index (χ1n) is 10.2. The minimum atomic E-state index is 0. The third kappa shape index (κ3) is 4.92. The Morgan fingerprint density at radius 3 is 2.79 bits per heavy atom. The smallest absolute Gasteiger partial charge is 0.226 e. The van der Waals surface area contributed by atoms with Crippen LogP contribution in [-0.2, 0) is 17.6 Å². The fourth-order valence-electron chi connectivity index (χ4n) is 3.69. The maximum Gasteiger partial charge on any atom is 0.226 e. The van der Waals surface area contributed by atoms with Gasteiger partial charge >= 0.3 is 0 Å². The number of carbonyl (C=O) groups is 1. The Morgan fingerprint density at radius 2 is 2.07 bits per heavy atom. The number of hydrogen-bond donors (Lipinski definition) is 1. The van der Waals surface area contributed by atoms with Crippen LogP contribution in [0.25, 0.3) is 0 Å². The lowest BCUT2D eigenvalue weighted by atomic mass is 10.0. The van der Waals surface area contributed by atoms with Crippen molar-refractivity contribution in [2.75, 3.05) is 19.6 Å². The van der Waals surface area contributed by atoms with Crippen LogP contribution in [0.3, 0.4) is 0 Å². The highest BCUT2D eigenvalue weighted by atomic mass is 35.5. The van der Waals surface area contributed by atoms with Gasteiger partial charge < -0.3 is 14.7 Å². The summed E-state index contributed by atoms with van der Waals surface area (Å²) in [4.78, 5) is 19.3. The first-order chi connectivity index (χ1) is 13.2. The Morgan fingerprint density at radius 1 is 1.29 bits per heavy atom. The van der Waals surface area contributed by atoms with Crippen LogP contribution in [-0.4, -0.2) is 40.6 Å². The molecule has 2 heterocycles. The van der Waals surface area contributed by atoms with E-state index in [4.69, 9.17) is 4.52 Å². The van der Waals surface area contributed by atoms with Gasteiger partial charge in [-0.15, -0.1) is 12.4 Å². The number of piperazine rings is 1. The van der Waals surface area contributed by atoms with E-state index in [-0.39, 0.29) is 24.4 Å². The number of hydrogen-bond acceptors (Lipinski definition) is 5. The number of nitrogens with one attached hydrogen (secondary N) is 1. The molecule has 0 bridgehead atoms. The van der Waals surface area contributed by atoms with Crippen LogP contribution in [0, 0.1) is 0 Å². The van der Waals surface area contributed by atoms with Crippen molar-refractivity contribution in [2.45, 2.75) is 57.4 Å². The molecule has 1 unspecified atom stereocenters. The van der Waals surface area contributed by atoms with E-state index in [1.807, 2.05) is 4.90 Å². The predicted octanol–water partition coefficient (Wildman–Crippen LogP) is 3.43. The van der Waals surface area contributed by atoms with Crippen molar-refractivity contribution in [3.63, 3.8) is 0 Å². The molecule has 2 aromatic rings. The number of benzene rings is 1. The molecule has 1 aliphatic carbocycles. The molecule has 1 N–H and O–H groups in total. The van der Waals surface area contributed by atoms with E-state index in [0.717, 1.165) is 38.3 Å². The molecule has 1 atom stereocenters. The third-order valence-corrected chi connectivity index (χ3v) is 5.54. The Labute approximate surface area is 172 Å². The molecule has 0 spiro atoms. The molecule has 6 nitrogen and oxygen atoms in total. The maximum atomic E-state index is 12.9. The number of aromatic nitrogens is 2. The minimum absolute atomic E-state index is 0. The van der Waals surface area contributed by atoms with Crippen molar-refractivity contribution in [2.24, 2.45) is 0 Å². The lowest BCUT2D eigenvalue weighted by molar-refractivity contribution is -0.134. The van der Waals surface area contributed by atoms with Crippen molar-refractivity contribution in [1.29, 1.82) is 0 Å². The van der Waals surface area contributed by atoms with Gasteiger partial charge in [-0.3, -0.25) is 4.79 Å². The van der Waals surface area contributed by atoms with Gasteiger partial charge in [-0.05, 0) is 36.8 Å². The van der Waals surface area contributed by atoms with E-state index in [2.05, 4.69) is 46.6 Å². The van der Waals surface area contributed by atoms with Gasteiger partial charge in [0, 0.05) is 38.4 Å². The Bertz CT molecular complexity index is 773. The molecule has 2 aliphatic rings. The van der Waals surface area contributed by atoms with Crippen molar-refractivity contribution in [3.8, 4) is 0 Å². The topological polar surface area (TPSA) is 71.3 Å². The molecule has 1 saturated heterocycles. The van der Waals surface area contributed by atoms with Crippen LogP contribution in [0.1, 0.15) is 67.4 Å². The van der Waals surface area contributed by atoms with Crippen LogP contribution in [0.15, 0.2) is 28.8 Å². The van der Waals surface area contributed by atoms with Gasteiger partial charge in [-0.2, -0.15) is 4.98 Å². The molecular weight excluding hydrogens is 376 g/mol. The fraction of sp³-hybridized carbons (Fsp3) is 0.571. The van der Waals surface area contributed by atoms with Crippen LogP contribution < -0.4 is 5.32 Å². The second kappa shape index (κ2) is 9.52. The molecule has 1 amide bonds. The fourth-order valence-corrected chi connectivity index (χ4v) is 3.69. The Kier molecular flexibility index (Phi) is 7.08. The number of amides is 1. The molecule has 28 heavy (non-hydrogen) atoms. The first-order valence-corrected chi connectivity index (χ1v) is 10.2. The second-order valence-corrected chi connectivity index (χ2v) is 7.58. The normalized spacial score (nSPS) is 19.3. The highest BCUT2D eigenvalue weighted by molar-refractivity contribution is 5.85. The molecule has 1 aliphatic heterocycles. The van der Waals surface area contributed by atoms with Gasteiger partial charge in [0.05, 0.1) is 6.04 Å². The van der Waals surface area contributed by atoms with Crippen molar-refractivity contribution < 1.29 is 9.32 Å². The van der Waals surface area contributed by atoms with Crippen molar-refractivity contribution >= 4 is 18.3 Å². The van der Waals surface area contributed by atoms with E-state index in [1.54, 1.807) is 0 Å². The zero-order valence-corrected chi connectivity index (χ0v) is 17.2. The monoisotopic (exact) mass is 404 g/mol. The molecule has 152 valence electrons. The van der Waals surface area contributed by atoms with Crippen LogP contribution in [0.5, 0.6) is 0 Å². The molecule has 7 heteroatoms. The maximum absolute atomic E-state index is 12.9.